The molecular weight excluding hydrogens is 420 g/mol. The molecule has 2 N–H and O–H groups in total. The molecule has 0 bridgehead atoms. The van der Waals surface area contributed by atoms with Crippen LogP contribution in [0, 0.1) is 30.1 Å². The SMILES string of the molecule is CC[C@@H](C)c1ccc(-c2c(C)sc(NC(=O)[C@@H]3CC(C)=C(C)C[C@@H]3C(=O)O)c2C#N)cc1. The number of thiophene rings is 1. The van der Waals surface area contributed by atoms with Gasteiger partial charge in [-0.1, -0.05) is 49.3 Å². The molecule has 0 aliphatic heterocycles. The van der Waals surface area contributed by atoms with Gasteiger partial charge in [-0.3, -0.25) is 9.59 Å². The maximum absolute atomic E-state index is 13.1. The van der Waals surface area contributed by atoms with E-state index in [1.54, 1.807) is 0 Å². The number of nitriles is 1. The molecule has 0 fully saturated rings. The van der Waals surface area contributed by atoms with Crippen molar-refractivity contribution in [2.75, 3.05) is 5.32 Å². The van der Waals surface area contributed by atoms with Crippen molar-refractivity contribution >= 4 is 28.2 Å². The van der Waals surface area contributed by atoms with Gasteiger partial charge < -0.3 is 10.4 Å². The summed E-state index contributed by atoms with van der Waals surface area (Å²) in [5, 5.41) is 22.9. The van der Waals surface area contributed by atoms with Crippen LogP contribution in [0.5, 0.6) is 0 Å². The largest absolute Gasteiger partial charge is 0.481 e. The molecule has 5 nitrogen and oxygen atoms in total. The number of hydrogen-bond donors (Lipinski definition) is 2. The van der Waals surface area contributed by atoms with Crippen LogP contribution in [0.15, 0.2) is 35.4 Å². The van der Waals surface area contributed by atoms with E-state index < -0.39 is 17.8 Å². The molecule has 1 heterocycles. The number of nitrogens with zero attached hydrogens (tertiary/aromatic N) is 1. The van der Waals surface area contributed by atoms with Crippen molar-refractivity contribution < 1.29 is 14.7 Å². The average molecular weight is 451 g/mol. The molecule has 32 heavy (non-hydrogen) atoms. The Bertz CT molecular complexity index is 1110. The van der Waals surface area contributed by atoms with E-state index in [9.17, 15) is 20.0 Å². The third kappa shape index (κ3) is 4.63. The minimum atomic E-state index is -0.957. The lowest BCUT2D eigenvalue weighted by atomic mass is 9.76. The van der Waals surface area contributed by atoms with Crippen LogP contribution in [-0.4, -0.2) is 17.0 Å². The van der Waals surface area contributed by atoms with Gasteiger partial charge >= 0.3 is 5.97 Å². The number of hydrogen-bond acceptors (Lipinski definition) is 4. The van der Waals surface area contributed by atoms with E-state index in [0.717, 1.165) is 33.6 Å². The predicted molar refractivity (Wildman–Crippen MR) is 129 cm³/mol. The van der Waals surface area contributed by atoms with Crippen LogP contribution in [0.4, 0.5) is 5.00 Å². The van der Waals surface area contributed by atoms with Crippen LogP contribution in [-0.2, 0) is 9.59 Å². The maximum atomic E-state index is 13.1. The van der Waals surface area contributed by atoms with Crippen molar-refractivity contribution in [3.63, 3.8) is 0 Å². The Morgan fingerprint density at radius 2 is 1.75 bits per heavy atom. The Hall–Kier alpha value is -2.91. The van der Waals surface area contributed by atoms with Crippen molar-refractivity contribution in [2.45, 2.75) is 59.8 Å². The highest BCUT2D eigenvalue weighted by Crippen LogP contribution is 2.41. The van der Waals surface area contributed by atoms with Crippen molar-refractivity contribution in [3.8, 4) is 17.2 Å². The number of aliphatic carboxylic acids is 1. The summed E-state index contributed by atoms with van der Waals surface area (Å²) in [5.41, 5.74) is 5.56. The summed E-state index contributed by atoms with van der Waals surface area (Å²) in [4.78, 5) is 25.8. The van der Waals surface area contributed by atoms with E-state index in [1.807, 2.05) is 32.9 Å². The van der Waals surface area contributed by atoms with Crippen LogP contribution < -0.4 is 5.32 Å². The number of benzene rings is 1. The van der Waals surface area contributed by atoms with Crippen LogP contribution in [0.2, 0.25) is 0 Å². The summed E-state index contributed by atoms with van der Waals surface area (Å²) in [6, 6.07) is 10.5. The molecule has 1 aromatic heterocycles. The lowest BCUT2D eigenvalue weighted by Gasteiger charge is -2.29. The highest BCUT2D eigenvalue weighted by Gasteiger charge is 2.37. The lowest BCUT2D eigenvalue weighted by Crippen LogP contribution is -2.36. The summed E-state index contributed by atoms with van der Waals surface area (Å²) >= 11 is 1.36. The molecule has 2 aromatic rings. The van der Waals surface area contributed by atoms with Gasteiger partial charge in [-0.25, -0.2) is 0 Å². The van der Waals surface area contributed by atoms with Gasteiger partial charge in [0, 0.05) is 10.4 Å². The van der Waals surface area contributed by atoms with Crippen LogP contribution >= 0.6 is 11.3 Å². The highest BCUT2D eigenvalue weighted by molar-refractivity contribution is 7.17. The fraction of sp³-hybridized carbons (Fsp3) is 0.423. The summed E-state index contributed by atoms with van der Waals surface area (Å²) in [7, 11) is 0. The Labute approximate surface area is 193 Å². The monoisotopic (exact) mass is 450 g/mol. The number of carboxylic acid groups (broad SMARTS) is 1. The molecule has 1 aliphatic carbocycles. The molecule has 3 atom stereocenters. The standard InChI is InChI=1S/C26H30N2O3S/c1-6-14(2)18-7-9-19(10-8-18)23-17(5)32-25(22(23)13-27)28-24(29)20-11-15(3)16(4)12-21(20)26(30)31/h7-10,14,20-21H,6,11-12H2,1-5H3,(H,28,29)(H,30,31)/t14-,20-,21+/m1/s1. The number of nitrogens with one attached hydrogen (secondary N) is 1. The molecule has 0 unspecified atom stereocenters. The van der Waals surface area contributed by atoms with Gasteiger partial charge in [0.1, 0.15) is 11.1 Å². The first-order valence-electron chi connectivity index (χ1n) is 11.0. The summed E-state index contributed by atoms with van der Waals surface area (Å²) in [6.45, 7) is 10.2. The molecule has 0 saturated carbocycles. The second kappa shape index (κ2) is 9.70. The normalized spacial score (nSPS) is 19.4. The van der Waals surface area contributed by atoms with E-state index in [-0.39, 0.29) is 5.91 Å². The van der Waals surface area contributed by atoms with Crippen molar-refractivity contribution in [2.24, 2.45) is 11.8 Å². The zero-order valence-corrected chi connectivity index (χ0v) is 20.1. The minimum Gasteiger partial charge on any atom is -0.481 e. The average Bonchev–Trinajstić information content (AvgIpc) is 3.09. The first-order valence-corrected chi connectivity index (χ1v) is 11.8. The first-order chi connectivity index (χ1) is 15.2. The summed E-state index contributed by atoms with van der Waals surface area (Å²) in [6.07, 6.45) is 1.86. The molecule has 1 aliphatic rings. The predicted octanol–water partition coefficient (Wildman–Crippen LogP) is 6.49. The number of anilines is 1. The van der Waals surface area contributed by atoms with Gasteiger partial charge in [0.15, 0.2) is 0 Å². The molecule has 0 spiro atoms. The Kier molecular flexibility index (Phi) is 7.20. The van der Waals surface area contributed by atoms with Crippen LogP contribution in [0.1, 0.15) is 68.9 Å². The number of rotatable bonds is 6. The Morgan fingerprint density at radius 3 is 2.28 bits per heavy atom. The maximum Gasteiger partial charge on any atom is 0.307 e. The number of carbonyl (C=O) groups is 2. The molecule has 1 aromatic carbocycles. The zero-order chi connectivity index (χ0) is 23.6. The van der Waals surface area contributed by atoms with Gasteiger partial charge in [-0.05, 0) is 57.1 Å². The molecule has 168 valence electrons. The van der Waals surface area contributed by atoms with Gasteiger partial charge in [0.2, 0.25) is 5.91 Å². The Morgan fingerprint density at radius 1 is 1.16 bits per heavy atom. The molecule has 1 amide bonds. The van der Waals surface area contributed by atoms with Crippen molar-refractivity contribution in [1.29, 1.82) is 5.26 Å². The number of carbonyl (C=O) groups excluding carboxylic acids is 1. The van der Waals surface area contributed by atoms with E-state index in [0.29, 0.717) is 29.3 Å². The second-order valence-electron chi connectivity index (χ2n) is 8.79. The number of amides is 1. The molecule has 0 radical (unpaired) electrons. The Balaban J connectivity index is 1.91. The van der Waals surface area contributed by atoms with E-state index in [4.69, 9.17) is 0 Å². The summed E-state index contributed by atoms with van der Waals surface area (Å²) < 4.78 is 0. The van der Waals surface area contributed by atoms with E-state index >= 15 is 0 Å². The second-order valence-corrected chi connectivity index (χ2v) is 10.0. The third-order valence-electron chi connectivity index (χ3n) is 6.73. The highest BCUT2D eigenvalue weighted by atomic mass is 32.1. The van der Waals surface area contributed by atoms with Crippen LogP contribution in [0.3, 0.4) is 0 Å². The quantitative estimate of drug-likeness (QED) is 0.492. The molecular formula is C26H30N2O3S. The third-order valence-corrected chi connectivity index (χ3v) is 7.75. The van der Waals surface area contributed by atoms with Gasteiger partial charge in [0.25, 0.3) is 0 Å². The van der Waals surface area contributed by atoms with Gasteiger partial charge in [0.05, 0.1) is 17.4 Å². The van der Waals surface area contributed by atoms with Crippen molar-refractivity contribution in [1.82, 2.24) is 0 Å². The van der Waals surface area contributed by atoms with Gasteiger partial charge in [-0.2, -0.15) is 5.26 Å². The topological polar surface area (TPSA) is 90.2 Å². The molecule has 0 saturated heterocycles. The van der Waals surface area contributed by atoms with E-state index in [2.05, 4.69) is 37.4 Å². The number of allylic oxidation sites excluding steroid dienone is 2. The summed E-state index contributed by atoms with van der Waals surface area (Å²) in [5.74, 6) is -2.22. The lowest BCUT2D eigenvalue weighted by molar-refractivity contribution is -0.146. The number of aryl methyl sites for hydroxylation is 1. The fourth-order valence-corrected chi connectivity index (χ4v) is 5.36. The zero-order valence-electron chi connectivity index (χ0n) is 19.3. The van der Waals surface area contributed by atoms with Gasteiger partial charge in [-0.15, -0.1) is 11.3 Å². The first kappa shape index (κ1) is 23.7. The molecule has 6 heteroatoms. The number of carboxylic acids is 1. The smallest absolute Gasteiger partial charge is 0.307 e. The fourth-order valence-electron chi connectivity index (χ4n) is 4.33. The van der Waals surface area contributed by atoms with Crippen LogP contribution in [0.25, 0.3) is 11.1 Å². The minimum absolute atomic E-state index is 0.333. The van der Waals surface area contributed by atoms with E-state index in [1.165, 1.54) is 16.9 Å². The molecule has 3 rings (SSSR count). The van der Waals surface area contributed by atoms with Crippen molar-refractivity contribution in [3.05, 3.63) is 51.4 Å².